The lowest BCUT2D eigenvalue weighted by atomic mass is 10.0. The molecule has 186 valence electrons. The van der Waals surface area contributed by atoms with Crippen LogP contribution in [0.15, 0.2) is 30.3 Å². The van der Waals surface area contributed by atoms with E-state index in [2.05, 4.69) is 10.1 Å². The number of hydrogen-bond donors (Lipinski definition) is 2. The van der Waals surface area contributed by atoms with Gasteiger partial charge in [-0.3, -0.25) is 14.4 Å². The summed E-state index contributed by atoms with van der Waals surface area (Å²) in [5.41, 5.74) is 1.37. The molecule has 0 bridgehead atoms. The molecule has 0 saturated heterocycles. The van der Waals surface area contributed by atoms with Crippen LogP contribution in [0.4, 0.5) is 14.5 Å². The number of ether oxygens (including phenoxy) is 2. The number of carbonyl (C=O) groups is 3. The Balaban J connectivity index is 1.70. The van der Waals surface area contributed by atoms with Crippen molar-refractivity contribution in [3.8, 4) is 11.5 Å². The summed E-state index contributed by atoms with van der Waals surface area (Å²) in [5.74, 6) is -2.13. The van der Waals surface area contributed by atoms with E-state index in [9.17, 15) is 28.3 Å². The number of nitrogens with zero attached hydrogens (tertiary/aromatic N) is 1. The van der Waals surface area contributed by atoms with Crippen LogP contribution in [0.5, 0.6) is 11.5 Å². The van der Waals surface area contributed by atoms with Gasteiger partial charge in [0.25, 0.3) is 5.91 Å². The molecule has 2 aromatic carbocycles. The first-order valence-electron chi connectivity index (χ1n) is 11.1. The first kappa shape index (κ1) is 24.7. The normalized spacial score (nSPS) is 15.7. The maximum Gasteiger partial charge on any atom is 0.387 e. The van der Waals surface area contributed by atoms with Crippen LogP contribution in [-0.2, 0) is 16.1 Å². The molecule has 1 heterocycles. The summed E-state index contributed by atoms with van der Waals surface area (Å²) in [6.07, 6.45) is 1.12. The highest BCUT2D eigenvalue weighted by atomic mass is 35.5. The van der Waals surface area contributed by atoms with Gasteiger partial charge in [-0.15, -0.1) is 0 Å². The molecule has 2 N–H and O–H groups in total. The average molecular weight is 509 g/mol. The van der Waals surface area contributed by atoms with Gasteiger partial charge >= 0.3 is 12.6 Å². The molecule has 4 rings (SSSR count). The summed E-state index contributed by atoms with van der Waals surface area (Å²) in [4.78, 5) is 38.9. The van der Waals surface area contributed by atoms with Crippen LogP contribution in [0.2, 0.25) is 5.02 Å². The van der Waals surface area contributed by atoms with Gasteiger partial charge in [-0.1, -0.05) is 17.7 Å². The molecular weight excluding hydrogens is 486 g/mol. The van der Waals surface area contributed by atoms with Crippen molar-refractivity contribution in [1.29, 1.82) is 0 Å². The van der Waals surface area contributed by atoms with Crippen LogP contribution in [0.25, 0.3) is 0 Å². The fourth-order valence-electron chi connectivity index (χ4n) is 4.11. The molecular formula is C24H23ClF2N2O6. The molecule has 0 aromatic heterocycles. The molecule has 1 aliphatic carbocycles. The van der Waals surface area contributed by atoms with Crippen molar-refractivity contribution in [3.63, 3.8) is 0 Å². The molecule has 1 fully saturated rings. The Kier molecular flexibility index (Phi) is 7.11. The Morgan fingerprint density at radius 1 is 1.23 bits per heavy atom. The molecule has 2 aromatic rings. The van der Waals surface area contributed by atoms with E-state index in [1.807, 2.05) is 0 Å². The first-order valence-corrected chi connectivity index (χ1v) is 11.4. The van der Waals surface area contributed by atoms with Gasteiger partial charge in [0.15, 0.2) is 11.5 Å². The van der Waals surface area contributed by atoms with E-state index in [1.54, 1.807) is 19.1 Å². The van der Waals surface area contributed by atoms with Crippen molar-refractivity contribution in [1.82, 2.24) is 4.90 Å². The Morgan fingerprint density at radius 2 is 1.97 bits per heavy atom. The molecule has 1 atom stereocenters. The fourth-order valence-corrected chi connectivity index (χ4v) is 4.33. The molecule has 1 saturated carbocycles. The van der Waals surface area contributed by atoms with Gasteiger partial charge in [-0.2, -0.15) is 8.78 Å². The van der Waals surface area contributed by atoms with Crippen molar-refractivity contribution in [3.05, 3.63) is 52.0 Å². The Labute approximate surface area is 204 Å². The fraction of sp³-hybridized carbons (Fsp3) is 0.375. The highest BCUT2D eigenvalue weighted by Gasteiger charge is 2.39. The lowest BCUT2D eigenvalue weighted by molar-refractivity contribution is -0.138. The summed E-state index contributed by atoms with van der Waals surface area (Å²) in [5, 5.41) is 12.7. The number of hydrogen-bond acceptors (Lipinski definition) is 5. The number of rotatable bonds is 10. The van der Waals surface area contributed by atoms with E-state index in [1.165, 1.54) is 23.1 Å². The largest absolute Gasteiger partial charge is 0.490 e. The molecule has 0 radical (unpaired) electrons. The second-order valence-electron chi connectivity index (χ2n) is 8.28. The number of benzene rings is 2. The maximum absolute atomic E-state index is 13.5. The van der Waals surface area contributed by atoms with Gasteiger partial charge in [0.05, 0.1) is 30.3 Å². The number of alkyl halides is 2. The van der Waals surface area contributed by atoms with Crippen LogP contribution in [0.1, 0.15) is 53.7 Å². The number of aliphatic carboxylic acids is 1. The number of anilines is 1. The predicted molar refractivity (Wildman–Crippen MR) is 122 cm³/mol. The summed E-state index contributed by atoms with van der Waals surface area (Å²) in [7, 11) is 0. The quantitative estimate of drug-likeness (QED) is 0.475. The molecule has 35 heavy (non-hydrogen) atoms. The summed E-state index contributed by atoms with van der Waals surface area (Å²) in [6.45, 7) is -1.25. The molecule has 1 aliphatic heterocycles. The van der Waals surface area contributed by atoms with Gasteiger partial charge in [0.1, 0.15) is 0 Å². The molecule has 2 aliphatic rings. The van der Waals surface area contributed by atoms with Crippen LogP contribution < -0.4 is 14.8 Å². The van der Waals surface area contributed by atoms with E-state index < -0.39 is 31.0 Å². The van der Waals surface area contributed by atoms with Gasteiger partial charge < -0.3 is 24.8 Å². The molecule has 2 amide bonds. The van der Waals surface area contributed by atoms with Gasteiger partial charge in [-0.05, 0) is 49.6 Å². The molecule has 11 heteroatoms. The minimum atomic E-state index is -3.07. The highest BCUT2D eigenvalue weighted by Crippen LogP contribution is 2.42. The first-order chi connectivity index (χ1) is 16.7. The number of carboxylic acids is 1. The number of nitrogens with one attached hydrogen (secondary N) is 1. The van der Waals surface area contributed by atoms with Crippen molar-refractivity contribution >= 4 is 35.1 Å². The number of amides is 2. The van der Waals surface area contributed by atoms with E-state index in [0.29, 0.717) is 21.8 Å². The molecule has 0 spiro atoms. The highest BCUT2D eigenvalue weighted by molar-refractivity contribution is 6.32. The zero-order valence-electron chi connectivity index (χ0n) is 18.7. The lowest BCUT2D eigenvalue weighted by Gasteiger charge is -2.28. The number of carbonyl (C=O) groups excluding carboxylic acids is 2. The van der Waals surface area contributed by atoms with Crippen LogP contribution in [-0.4, -0.2) is 41.0 Å². The zero-order valence-corrected chi connectivity index (χ0v) is 19.5. The third kappa shape index (κ3) is 5.32. The maximum atomic E-state index is 13.5. The minimum absolute atomic E-state index is 0.000247. The molecule has 8 nitrogen and oxygen atoms in total. The summed E-state index contributed by atoms with van der Waals surface area (Å²) >= 11 is 6.36. The third-order valence-electron chi connectivity index (χ3n) is 5.88. The number of halogens is 3. The van der Waals surface area contributed by atoms with E-state index in [-0.39, 0.29) is 42.0 Å². The van der Waals surface area contributed by atoms with Crippen molar-refractivity contribution in [2.24, 2.45) is 5.92 Å². The Hall–Kier alpha value is -3.40. The Morgan fingerprint density at radius 3 is 2.60 bits per heavy atom. The molecule has 1 unspecified atom stereocenters. The van der Waals surface area contributed by atoms with Crippen LogP contribution >= 0.6 is 11.6 Å². The van der Waals surface area contributed by atoms with E-state index in [4.69, 9.17) is 16.3 Å². The summed E-state index contributed by atoms with van der Waals surface area (Å²) in [6, 6.07) is 6.23. The minimum Gasteiger partial charge on any atom is -0.490 e. The van der Waals surface area contributed by atoms with Crippen molar-refractivity contribution in [2.75, 3.05) is 11.9 Å². The third-order valence-corrected chi connectivity index (χ3v) is 6.23. The smallest absolute Gasteiger partial charge is 0.387 e. The predicted octanol–water partition coefficient (Wildman–Crippen LogP) is 4.86. The van der Waals surface area contributed by atoms with Crippen LogP contribution in [0, 0.1) is 5.92 Å². The van der Waals surface area contributed by atoms with Crippen molar-refractivity contribution in [2.45, 2.75) is 45.4 Å². The second kappa shape index (κ2) is 10.1. The van der Waals surface area contributed by atoms with Gasteiger partial charge in [0, 0.05) is 23.0 Å². The topological polar surface area (TPSA) is 105 Å². The summed E-state index contributed by atoms with van der Waals surface area (Å²) < 4.78 is 35.5. The van der Waals surface area contributed by atoms with E-state index in [0.717, 1.165) is 12.8 Å². The SMILES string of the molecule is CCOc1cc(C(CC(=O)O)N2Cc3c(Cl)ccc(NC(=O)C4CC4)c3C2=O)ccc1OC(F)F. The number of fused-ring (bicyclic) bond motifs is 1. The number of carboxylic acid groups (broad SMARTS) is 1. The standard InChI is InChI=1S/C24H23ClF2N2O6/c1-2-34-19-9-13(5-8-18(19)35-24(26)27)17(10-20(30)31)29-11-14-15(25)6-7-16(21(14)23(29)33)28-22(32)12-3-4-12/h5-9,12,17,24H,2-4,10-11H2,1H3,(H,28,32)(H,30,31). The van der Waals surface area contributed by atoms with Crippen molar-refractivity contribution < 1.29 is 37.7 Å². The Bertz CT molecular complexity index is 1170. The van der Waals surface area contributed by atoms with Crippen LogP contribution in [0.3, 0.4) is 0 Å². The van der Waals surface area contributed by atoms with Gasteiger partial charge in [-0.25, -0.2) is 0 Å². The second-order valence-corrected chi connectivity index (χ2v) is 8.68. The van der Waals surface area contributed by atoms with E-state index >= 15 is 0 Å². The zero-order chi connectivity index (χ0) is 25.3. The monoisotopic (exact) mass is 508 g/mol. The van der Waals surface area contributed by atoms with Gasteiger partial charge in [0.2, 0.25) is 5.91 Å². The lowest BCUT2D eigenvalue weighted by Crippen LogP contribution is -2.31. The average Bonchev–Trinajstić information content (AvgIpc) is 3.59.